The number of benzene rings is 1. The summed E-state index contributed by atoms with van der Waals surface area (Å²) in [6.07, 6.45) is 3.19. The SMILES string of the molecule is Cc1ccc(-c2cnn(C3CCNC3)c2C)cc1C. The van der Waals surface area contributed by atoms with Gasteiger partial charge in [0.2, 0.25) is 0 Å². The summed E-state index contributed by atoms with van der Waals surface area (Å²) < 4.78 is 2.19. The van der Waals surface area contributed by atoms with Crippen LogP contribution in [0, 0.1) is 20.8 Å². The molecule has 1 aliphatic rings. The van der Waals surface area contributed by atoms with E-state index in [0.717, 1.165) is 13.1 Å². The predicted octanol–water partition coefficient (Wildman–Crippen LogP) is 3.01. The van der Waals surface area contributed by atoms with Crippen LogP contribution in [0.25, 0.3) is 11.1 Å². The summed E-state index contributed by atoms with van der Waals surface area (Å²) in [5.41, 5.74) is 6.49. The van der Waals surface area contributed by atoms with Gasteiger partial charge in [0.25, 0.3) is 0 Å². The molecule has 3 rings (SSSR count). The van der Waals surface area contributed by atoms with Gasteiger partial charge in [-0.2, -0.15) is 5.10 Å². The van der Waals surface area contributed by atoms with Crippen molar-refractivity contribution < 1.29 is 0 Å². The van der Waals surface area contributed by atoms with E-state index in [1.807, 2.05) is 6.20 Å². The zero-order valence-electron chi connectivity index (χ0n) is 11.9. The largest absolute Gasteiger partial charge is 0.315 e. The summed E-state index contributed by atoms with van der Waals surface area (Å²) in [6, 6.07) is 7.17. The highest BCUT2D eigenvalue weighted by molar-refractivity contribution is 5.66. The minimum absolute atomic E-state index is 0.514. The Morgan fingerprint density at radius 3 is 2.74 bits per heavy atom. The third-order valence-corrected chi connectivity index (χ3v) is 4.24. The van der Waals surface area contributed by atoms with Gasteiger partial charge in [-0.15, -0.1) is 0 Å². The highest BCUT2D eigenvalue weighted by atomic mass is 15.3. The second kappa shape index (κ2) is 4.82. The second-order valence-electron chi connectivity index (χ2n) is 5.53. The van der Waals surface area contributed by atoms with Crippen LogP contribution >= 0.6 is 0 Å². The fourth-order valence-electron chi connectivity index (χ4n) is 2.83. The average molecular weight is 255 g/mol. The first-order chi connectivity index (χ1) is 9.16. The lowest BCUT2D eigenvalue weighted by Crippen LogP contribution is -2.15. The van der Waals surface area contributed by atoms with Crippen LogP contribution in [0.4, 0.5) is 0 Å². The minimum Gasteiger partial charge on any atom is -0.315 e. The monoisotopic (exact) mass is 255 g/mol. The molecule has 0 saturated carbocycles. The Bertz CT molecular complexity index is 592. The molecule has 1 N–H and O–H groups in total. The van der Waals surface area contributed by atoms with Crippen LogP contribution in [0.3, 0.4) is 0 Å². The van der Waals surface area contributed by atoms with Gasteiger partial charge in [0.15, 0.2) is 0 Å². The lowest BCUT2D eigenvalue weighted by atomic mass is 10.0. The summed E-state index contributed by atoms with van der Waals surface area (Å²) in [4.78, 5) is 0. The second-order valence-corrected chi connectivity index (χ2v) is 5.53. The van der Waals surface area contributed by atoms with Gasteiger partial charge in [-0.1, -0.05) is 18.2 Å². The number of nitrogens with zero attached hydrogens (tertiary/aromatic N) is 2. The van der Waals surface area contributed by atoms with Crippen molar-refractivity contribution in [3.63, 3.8) is 0 Å². The van der Waals surface area contributed by atoms with Gasteiger partial charge in [0.1, 0.15) is 0 Å². The van der Waals surface area contributed by atoms with Gasteiger partial charge in [-0.3, -0.25) is 4.68 Å². The highest BCUT2D eigenvalue weighted by Crippen LogP contribution is 2.28. The minimum atomic E-state index is 0.514. The predicted molar refractivity (Wildman–Crippen MR) is 78.4 cm³/mol. The number of aryl methyl sites for hydroxylation is 2. The molecule has 3 nitrogen and oxygen atoms in total. The van der Waals surface area contributed by atoms with Crippen molar-refractivity contribution in [1.82, 2.24) is 15.1 Å². The average Bonchev–Trinajstić information content (AvgIpc) is 3.02. The first-order valence-corrected chi connectivity index (χ1v) is 6.99. The fourth-order valence-corrected chi connectivity index (χ4v) is 2.83. The van der Waals surface area contributed by atoms with Crippen LogP contribution in [-0.2, 0) is 0 Å². The smallest absolute Gasteiger partial charge is 0.0658 e. The van der Waals surface area contributed by atoms with Crippen molar-refractivity contribution in [3.8, 4) is 11.1 Å². The maximum Gasteiger partial charge on any atom is 0.0658 e. The molecule has 19 heavy (non-hydrogen) atoms. The summed E-state index contributed by atoms with van der Waals surface area (Å²) in [5, 5.41) is 8.01. The van der Waals surface area contributed by atoms with Crippen LogP contribution in [0.15, 0.2) is 24.4 Å². The van der Waals surface area contributed by atoms with Gasteiger partial charge in [-0.05, 0) is 50.4 Å². The first kappa shape index (κ1) is 12.4. The van der Waals surface area contributed by atoms with Crippen LogP contribution < -0.4 is 5.32 Å². The van der Waals surface area contributed by atoms with E-state index in [-0.39, 0.29) is 0 Å². The van der Waals surface area contributed by atoms with Crippen molar-refractivity contribution in [2.75, 3.05) is 13.1 Å². The zero-order valence-corrected chi connectivity index (χ0v) is 11.9. The third-order valence-electron chi connectivity index (χ3n) is 4.24. The molecule has 100 valence electrons. The summed E-state index contributed by atoms with van der Waals surface area (Å²) >= 11 is 0. The van der Waals surface area contributed by atoms with E-state index in [1.165, 1.54) is 34.4 Å². The Labute approximate surface area is 114 Å². The molecule has 0 radical (unpaired) electrons. The van der Waals surface area contributed by atoms with E-state index in [0.29, 0.717) is 6.04 Å². The van der Waals surface area contributed by atoms with Crippen molar-refractivity contribution in [2.24, 2.45) is 0 Å². The molecule has 1 aliphatic heterocycles. The van der Waals surface area contributed by atoms with Gasteiger partial charge >= 0.3 is 0 Å². The van der Waals surface area contributed by atoms with E-state index in [9.17, 15) is 0 Å². The number of hydrogen-bond acceptors (Lipinski definition) is 2. The fraction of sp³-hybridized carbons (Fsp3) is 0.438. The molecule has 1 aromatic carbocycles. The Kier molecular flexibility index (Phi) is 3.15. The van der Waals surface area contributed by atoms with Crippen molar-refractivity contribution in [2.45, 2.75) is 33.2 Å². The summed E-state index contributed by atoms with van der Waals surface area (Å²) in [6.45, 7) is 8.63. The molecule has 1 atom stereocenters. The molecule has 2 aromatic rings. The van der Waals surface area contributed by atoms with E-state index >= 15 is 0 Å². The van der Waals surface area contributed by atoms with Crippen LogP contribution in [0.5, 0.6) is 0 Å². The third kappa shape index (κ3) is 2.19. The highest BCUT2D eigenvalue weighted by Gasteiger charge is 2.20. The van der Waals surface area contributed by atoms with Gasteiger partial charge < -0.3 is 5.32 Å². The number of rotatable bonds is 2. The molecule has 1 unspecified atom stereocenters. The molecule has 3 heteroatoms. The molecule has 0 spiro atoms. The van der Waals surface area contributed by atoms with Crippen molar-refractivity contribution in [3.05, 3.63) is 41.2 Å². The molecule has 1 fully saturated rings. The molecule has 1 aromatic heterocycles. The Balaban J connectivity index is 1.99. The van der Waals surface area contributed by atoms with Crippen LogP contribution in [-0.4, -0.2) is 22.9 Å². The molecule has 2 heterocycles. The van der Waals surface area contributed by atoms with Crippen LogP contribution in [0.1, 0.15) is 29.3 Å². The van der Waals surface area contributed by atoms with Gasteiger partial charge in [0, 0.05) is 17.8 Å². The van der Waals surface area contributed by atoms with Gasteiger partial charge in [-0.25, -0.2) is 0 Å². The van der Waals surface area contributed by atoms with Gasteiger partial charge in [0.05, 0.1) is 12.2 Å². The Hall–Kier alpha value is -1.61. The number of nitrogens with one attached hydrogen (secondary N) is 1. The van der Waals surface area contributed by atoms with E-state index in [2.05, 4.69) is 54.1 Å². The topological polar surface area (TPSA) is 29.9 Å². The molecular formula is C16H21N3. The summed E-state index contributed by atoms with van der Waals surface area (Å²) in [7, 11) is 0. The maximum atomic E-state index is 4.60. The van der Waals surface area contributed by atoms with Crippen molar-refractivity contribution in [1.29, 1.82) is 0 Å². The lowest BCUT2D eigenvalue weighted by Gasteiger charge is -2.12. The molecule has 0 bridgehead atoms. The van der Waals surface area contributed by atoms with E-state index < -0.39 is 0 Å². The summed E-state index contributed by atoms with van der Waals surface area (Å²) in [5.74, 6) is 0. The number of hydrogen-bond donors (Lipinski definition) is 1. The molecule has 1 saturated heterocycles. The molecule has 0 aliphatic carbocycles. The number of aromatic nitrogens is 2. The lowest BCUT2D eigenvalue weighted by molar-refractivity contribution is 0.480. The quantitative estimate of drug-likeness (QED) is 0.894. The van der Waals surface area contributed by atoms with E-state index in [1.54, 1.807) is 0 Å². The Morgan fingerprint density at radius 2 is 2.05 bits per heavy atom. The maximum absolute atomic E-state index is 4.60. The van der Waals surface area contributed by atoms with Crippen LogP contribution in [0.2, 0.25) is 0 Å². The standard InChI is InChI=1S/C16H21N3/c1-11-4-5-14(8-12(11)2)16-10-18-19(13(16)3)15-6-7-17-9-15/h4-5,8,10,15,17H,6-7,9H2,1-3H3. The molecule has 0 amide bonds. The zero-order chi connectivity index (χ0) is 13.4. The Morgan fingerprint density at radius 1 is 1.21 bits per heavy atom. The van der Waals surface area contributed by atoms with Crippen molar-refractivity contribution >= 4 is 0 Å². The first-order valence-electron chi connectivity index (χ1n) is 6.99. The molecular weight excluding hydrogens is 234 g/mol. The normalized spacial score (nSPS) is 19.0. The van der Waals surface area contributed by atoms with E-state index in [4.69, 9.17) is 0 Å².